The number of aliphatic hydroxyl groups excluding tert-OH is 1. The van der Waals surface area contributed by atoms with Gasteiger partial charge in [-0.05, 0) is 95.5 Å². The number of fused-ring (bicyclic) bond motifs is 3. The molecule has 15 unspecified atom stereocenters. The van der Waals surface area contributed by atoms with Gasteiger partial charge >= 0.3 is 17.9 Å². The van der Waals surface area contributed by atoms with Gasteiger partial charge in [0.25, 0.3) is 5.91 Å². The number of carbonyl (C=O) groups excluding carboxylic acids is 5. The van der Waals surface area contributed by atoms with Crippen molar-refractivity contribution in [2.45, 2.75) is 193 Å². The van der Waals surface area contributed by atoms with Gasteiger partial charge in [0.1, 0.15) is 30.1 Å². The van der Waals surface area contributed by atoms with Crippen LogP contribution in [0.3, 0.4) is 0 Å². The summed E-state index contributed by atoms with van der Waals surface area (Å²) in [5.74, 6) is -7.38. The third-order valence-electron chi connectivity index (χ3n) is 13.8. The molecule has 1 amide bonds. The topological polar surface area (TPSA) is 194 Å². The lowest BCUT2D eigenvalue weighted by Crippen LogP contribution is -2.67. The second-order valence-corrected chi connectivity index (χ2v) is 18.9. The second kappa shape index (κ2) is 23.8. The van der Waals surface area contributed by atoms with Crippen molar-refractivity contribution in [1.29, 1.82) is 0 Å². The number of carbonyl (C=O) groups is 5. The lowest BCUT2D eigenvalue weighted by Gasteiger charge is -2.50. The zero-order valence-corrected chi connectivity index (χ0v) is 39.7. The lowest BCUT2D eigenvalue weighted by molar-refractivity contribution is -0.347. The molecular formula is C48H77NO14. The van der Waals surface area contributed by atoms with Gasteiger partial charge in [-0.1, -0.05) is 51.8 Å². The van der Waals surface area contributed by atoms with Gasteiger partial charge in [-0.3, -0.25) is 19.2 Å². The number of hydrogen-bond donors (Lipinski definition) is 2. The van der Waals surface area contributed by atoms with Crippen LogP contribution in [-0.4, -0.2) is 133 Å². The van der Waals surface area contributed by atoms with Crippen molar-refractivity contribution >= 4 is 29.6 Å². The summed E-state index contributed by atoms with van der Waals surface area (Å²) in [6.45, 7) is 13.9. The van der Waals surface area contributed by atoms with E-state index < -0.39 is 96.1 Å². The van der Waals surface area contributed by atoms with Gasteiger partial charge in [-0.25, -0.2) is 4.79 Å². The largest absolute Gasteiger partial charge is 0.462 e. The summed E-state index contributed by atoms with van der Waals surface area (Å²) in [6, 6.07) is -1.14. The quantitative estimate of drug-likeness (QED) is 0.160. The third kappa shape index (κ3) is 13.4. The normalized spacial score (nSPS) is 38.4. The molecule has 358 valence electrons. The minimum atomic E-state index is -2.34. The fraction of sp³-hybridized carbons (Fsp3) is 0.812. The molecule has 0 aromatic carbocycles. The first-order valence-corrected chi connectivity index (χ1v) is 23.2. The summed E-state index contributed by atoms with van der Waals surface area (Å²) in [6.07, 6.45) is 2.66. The number of ketones is 1. The highest BCUT2D eigenvalue weighted by atomic mass is 16.7. The highest BCUT2D eigenvalue weighted by molar-refractivity contribution is 5.89. The van der Waals surface area contributed by atoms with Gasteiger partial charge in [0, 0.05) is 65.9 Å². The molecule has 63 heavy (non-hydrogen) atoms. The molecule has 15 nitrogen and oxygen atoms in total. The Morgan fingerprint density at radius 2 is 1.52 bits per heavy atom. The Bertz CT molecular complexity index is 1630. The van der Waals surface area contributed by atoms with Crippen LogP contribution in [-0.2, 0) is 57.1 Å². The zero-order valence-electron chi connectivity index (χ0n) is 39.7. The first kappa shape index (κ1) is 52.4. The summed E-state index contributed by atoms with van der Waals surface area (Å²) >= 11 is 0. The molecule has 0 spiro atoms. The molecule has 4 rings (SSSR count). The number of ether oxygens (including phenoxy) is 7. The first-order chi connectivity index (χ1) is 29.8. The molecule has 15 atom stereocenters. The monoisotopic (exact) mass is 892 g/mol. The maximum atomic E-state index is 14.9. The number of Topliss-reactive ketones (excluding diaryl/α,β-unsaturated/α-hetero) is 1. The van der Waals surface area contributed by atoms with Crippen LogP contribution in [0.4, 0.5) is 0 Å². The van der Waals surface area contributed by atoms with Gasteiger partial charge in [0.2, 0.25) is 11.9 Å². The summed E-state index contributed by atoms with van der Waals surface area (Å²) in [7, 11) is 4.65. The van der Waals surface area contributed by atoms with Crippen LogP contribution < -0.4 is 0 Å². The molecule has 2 bridgehead atoms. The molecule has 4 aliphatic rings. The number of methoxy groups -OCH3 is 3. The van der Waals surface area contributed by atoms with E-state index in [0.717, 1.165) is 18.9 Å². The van der Waals surface area contributed by atoms with Crippen molar-refractivity contribution in [1.82, 2.24) is 4.90 Å². The second-order valence-electron chi connectivity index (χ2n) is 18.9. The van der Waals surface area contributed by atoms with E-state index in [4.69, 9.17) is 33.2 Å². The average Bonchev–Trinajstić information content (AvgIpc) is 3.23. The van der Waals surface area contributed by atoms with Crippen LogP contribution in [0.1, 0.15) is 132 Å². The third-order valence-corrected chi connectivity index (χ3v) is 13.8. The number of aliphatic hydroxyl groups is 2. The van der Waals surface area contributed by atoms with Crippen molar-refractivity contribution in [2.24, 2.45) is 29.6 Å². The number of allylic oxidation sites excluding steroid dienone is 3. The Kier molecular flexibility index (Phi) is 19.8. The van der Waals surface area contributed by atoms with E-state index in [9.17, 15) is 34.2 Å². The Morgan fingerprint density at radius 1 is 0.873 bits per heavy atom. The molecule has 2 saturated heterocycles. The zero-order chi connectivity index (χ0) is 46.8. The summed E-state index contributed by atoms with van der Waals surface area (Å²) in [5.41, 5.74) is 1.64. The predicted molar refractivity (Wildman–Crippen MR) is 233 cm³/mol. The van der Waals surface area contributed by atoms with Crippen LogP contribution in [0, 0.1) is 29.6 Å². The fourth-order valence-corrected chi connectivity index (χ4v) is 10.4. The van der Waals surface area contributed by atoms with Gasteiger partial charge in [0.05, 0.1) is 24.4 Å². The van der Waals surface area contributed by atoms with E-state index in [-0.39, 0.29) is 49.5 Å². The standard InChI is InChI=1S/C48H77NO14/c1-12-15-35-21-27(2)20-28(3)22-41(58-10)44-42(59-11)24-30(5)48(56,63-44)45(61-33(8)51)46(54)49-19-14-13-16-36(49)47(55)62-43(31(6)39(26-38(35)53)60-32(7)50)29(4)23-34-17-18-37(52)40(25-34)57-9/h21,23,28,30-31,34-37,39-45,52,56H,12-20,22,24-26H2,1-11H3. The predicted octanol–water partition coefficient (Wildman–Crippen LogP) is 5.80. The lowest BCUT2D eigenvalue weighted by atomic mass is 9.81. The van der Waals surface area contributed by atoms with E-state index in [1.54, 1.807) is 35.2 Å². The molecular weight excluding hydrogens is 815 g/mol. The highest BCUT2D eigenvalue weighted by Gasteiger charge is 2.58. The van der Waals surface area contributed by atoms with Crippen LogP contribution in [0.5, 0.6) is 0 Å². The van der Waals surface area contributed by atoms with Crippen LogP contribution in [0.2, 0.25) is 0 Å². The number of esters is 3. The van der Waals surface area contributed by atoms with Crippen molar-refractivity contribution in [3.05, 3.63) is 23.3 Å². The maximum Gasteiger partial charge on any atom is 0.329 e. The van der Waals surface area contributed by atoms with Crippen molar-refractivity contribution in [2.75, 3.05) is 27.9 Å². The SMILES string of the molecule is CCCC1C=C(C)CC(C)CC(OC)C2OC(O)(C(C)CC2OC)C(OC(C)=O)C(=O)N2CCCCC2C(=O)OC(C(C)=CC2CCC(O)C(OC)C2)C(C)C(OC(C)=O)CC1=O. The minimum absolute atomic E-state index is 0.00494. The van der Waals surface area contributed by atoms with Crippen LogP contribution in [0.25, 0.3) is 0 Å². The fourth-order valence-electron chi connectivity index (χ4n) is 10.4. The number of nitrogens with zero attached hydrogens (tertiary/aromatic N) is 1. The average molecular weight is 892 g/mol. The minimum Gasteiger partial charge on any atom is -0.462 e. The molecule has 0 aromatic heterocycles. The number of hydrogen-bond acceptors (Lipinski definition) is 14. The molecule has 15 heteroatoms. The number of rotatable bonds is 9. The smallest absolute Gasteiger partial charge is 0.329 e. The van der Waals surface area contributed by atoms with E-state index in [1.165, 1.54) is 11.8 Å². The Hall–Kier alpha value is -3.21. The van der Waals surface area contributed by atoms with Gasteiger partial charge < -0.3 is 48.3 Å². The maximum absolute atomic E-state index is 14.9. The number of amides is 1. The van der Waals surface area contributed by atoms with Crippen LogP contribution in [0.15, 0.2) is 23.3 Å². The van der Waals surface area contributed by atoms with E-state index in [2.05, 4.69) is 6.92 Å². The molecule has 0 radical (unpaired) electrons. The van der Waals surface area contributed by atoms with Crippen molar-refractivity contribution in [3.63, 3.8) is 0 Å². The Balaban J connectivity index is 1.89. The molecule has 1 aliphatic carbocycles. The molecule has 1 saturated carbocycles. The molecule has 2 N–H and O–H groups in total. The number of piperidine rings is 1. The number of cyclic esters (lactones) is 1. The molecule has 0 aromatic rings. The Labute approximate surface area is 374 Å². The van der Waals surface area contributed by atoms with E-state index >= 15 is 0 Å². The van der Waals surface area contributed by atoms with E-state index in [1.807, 2.05) is 32.9 Å². The summed E-state index contributed by atoms with van der Waals surface area (Å²) in [5, 5.41) is 23.1. The first-order valence-electron chi connectivity index (χ1n) is 23.2. The van der Waals surface area contributed by atoms with Gasteiger partial charge in [0.15, 0.2) is 0 Å². The summed E-state index contributed by atoms with van der Waals surface area (Å²) < 4.78 is 42.2. The van der Waals surface area contributed by atoms with E-state index in [0.29, 0.717) is 56.9 Å². The molecule has 3 aliphatic heterocycles. The van der Waals surface area contributed by atoms with Gasteiger partial charge in [-0.2, -0.15) is 0 Å². The highest BCUT2D eigenvalue weighted by Crippen LogP contribution is 2.42. The molecule has 3 heterocycles. The Morgan fingerprint density at radius 3 is 2.14 bits per heavy atom. The van der Waals surface area contributed by atoms with Crippen molar-refractivity contribution in [3.8, 4) is 0 Å². The molecule has 3 fully saturated rings. The summed E-state index contributed by atoms with van der Waals surface area (Å²) in [4.78, 5) is 70.9. The van der Waals surface area contributed by atoms with Crippen LogP contribution >= 0.6 is 0 Å². The van der Waals surface area contributed by atoms with Gasteiger partial charge in [-0.15, -0.1) is 0 Å². The van der Waals surface area contributed by atoms with Crippen molar-refractivity contribution < 1.29 is 67.3 Å².